The third-order valence-corrected chi connectivity index (χ3v) is 4.08. The highest BCUT2D eigenvalue weighted by molar-refractivity contribution is 14.0. The van der Waals surface area contributed by atoms with Gasteiger partial charge in [-0.15, -0.1) is 24.0 Å². The summed E-state index contributed by atoms with van der Waals surface area (Å²) < 4.78 is 0. The van der Waals surface area contributed by atoms with Crippen molar-refractivity contribution in [3.63, 3.8) is 0 Å². The molecule has 1 rings (SSSR count). The Balaban J connectivity index is 0.00000625. The lowest BCUT2D eigenvalue weighted by atomic mass is 10.1. The van der Waals surface area contributed by atoms with E-state index < -0.39 is 0 Å². The topological polar surface area (TPSA) is 89.1 Å². The van der Waals surface area contributed by atoms with Gasteiger partial charge in [-0.05, 0) is 26.2 Å². The van der Waals surface area contributed by atoms with Gasteiger partial charge in [-0.25, -0.2) is 4.99 Å². The van der Waals surface area contributed by atoms with Gasteiger partial charge in [0.25, 0.3) is 0 Å². The molecule has 3 N–H and O–H groups in total. The highest BCUT2D eigenvalue weighted by atomic mass is 127. The van der Waals surface area contributed by atoms with Gasteiger partial charge in [0.2, 0.25) is 11.8 Å². The van der Waals surface area contributed by atoms with Crippen LogP contribution in [-0.2, 0) is 9.59 Å². The molecule has 1 heterocycles. The maximum absolute atomic E-state index is 11.8. The minimum absolute atomic E-state index is 0. The van der Waals surface area contributed by atoms with Crippen LogP contribution in [0.4, 0.5) is 0 Å². The van der Waals surface area contributed by atoms with Gasteiger partial charge in [-0.3, -0.25) is 14.5 Å². The first-order chi connectivity index (χ1) is 12.0. The monoisotopic (exact) mass is 482 g/mol. The van der Waals surface area contributed by atoms with Crippen molar-refractivity contribution in [2.24, 2.45) is 4.99 Å². The summed E-state index contributed by atoms with van der Waals surface area (Å²) in [5, 5.41) is 9.50. The van der Waals surface area contributed by atoms with E-state index in [0.717, 1.165) is 45.4 Å². The summed E-state index contributed by atoms with van der Waals surface area (Å²) in [5.41, 5.74) is 0. The van der Waals surface area contributed by atoms with Crippen molar-refractivity contribution in [1.82, 2.24) is 25.8 Å². The molecule has 0 radical (unpaired) electrons. The summed E-state index contributed by atoms with van der Waals surface area (Å²) in [5.74, 6) is 0.757. The number of likely N-dealkylation sites (N-methyl/N-ethyl adjacent to an activating group) is 1. The first kappa shape index (κ1) is 24.9. The Morgan fingerprint density at radius 1 is 1.15 bits per heavy atom. The number of rotatable bonds is 8. The molecule has 0 aromatic rings. The molecule has 0 spiro atoms. The molecule has 9 heteroatoms. The number of aliphatic imine (C=N–C) groups is 1. The van der Waals surface area contributed by atoms with Crippen molar-refractivity contribution in [3.8, 4) is 0 Å². The molecule has 1 aliphatic rings. The molecule has 0 atom stereocenters. The highest BCUT2D eigenvalue weighted by Gasteiger charge is 2.21. The van der Waals surface area contributed by atoms with Crippen LogP contribution in [-0.4, -0.2) is 87.0 Å². The lowest BCUT2D eigenvalue weighted by Crippen LogP contribution is -2.50. The Morgan fingerprint density at radius 2 is 1.81 bits per heavy atom. The van der Waals surface area contributed by atoms with E-state index in [2.05, 4.69) is 25.8 Å². The number of carbonyl (C=O) groups excluding carboxylic acids is 2. The number of hydrogen-bond donors (Lipinski definition) is 3. The number of carbonyl (C=O) groups is 2. The lowest BCUT2D eigenvalue weighted by molar-refractivity contribution is -0.127. The smallest absolute Gasteiger partial charge is 0.243 e. The summed E-state index contributed by atoms with van der Waals surface area (Å²) in [6.07, 6.45) is 2.86. The van der Waals surface area contributed by atoms with Crippen molar-refractivity contribution >= 4 is 41.8 Å². The van der Waals surface area contributed by atoms with Crippen LogP contribution in [0.15, 0.2) is 4.99 Å². The van der Waals surface area contributed by atoms with Crippen molar-refractivity contribution in [1.29, 1.82) is 0 Å². The molecule has 2 amide bonds. The van der Waals surface area contributed by atoms with Crippen LogP contribution in [0.2, 0.25) is 0 Å². The van der Waals surface area contributed by atoms with E-state index in [9.17, 15) is 9.59 Å². The summed E-state index contributed by atoms with van der Waals surface area (Å²) in [7, 11) is 3.45. The zero-order valence-electron chi connectivity index (χ0n) is 16.5. The fourth-order valence-electron chi connectivity index (χ4n) is 2.56. The fourth-order valence-corrected chi connectivity index (χ4v) is 2.56. The molecule has 1 aliphatic heterocycles. The molecule has 1 fully saturated rings. The average Bonchev–Trinajstić information content (AvgIpc) is 2.59. The molecule has 152 valence electrons. The number of piperidine rings is 1. The van der Waals surface area contributed by atoms with Crippen LogP contribution in [0.3, 0.4) is 0 Å². The van der Waals surface area contributed by atoms with Gasteiger partial charge in [0, 0.05) is 46.3 Å². The molecule has 0 bridgehead atoms. The van der Waals surface area contributed by atoms with E-state index in [4.69, 9.17) is 0 Å². The van der Waals surface area contributed by atoms with Gasteiger partial charge in [-0.1, -0.05) is 6.92 Å². The predicted molar refractivity (Wildman–Crippen MR) is 116 cm³/mol. The number of halogens is 1. The molecule has 0 aromatic heterocycles. The van der Waals surface area contributed by atoms with Crippen LogP contribution in [0.5, 0.6) is 0 Å². The minimum Gasteiger partial charge on any atom is -0.357 e. The van der Waals surface area contributed by atoms with Gasteiger partial charge in [0.1, 0.15) is 6.54 Å². The van der Waals surface area contributed by atoms with Crippen LogP contribution < -0.4 is 16.0 Å². The summed E-state index contributed by atoms with van der Waals surface area (Å²) in [6, 6.07) is 0.308. The standard InChI is InChI=1S/C17H34N6O2.HI/c1-5-9-19-15(24)13-23-10-7-14(8-11-23)21-17(18-6-2)20-12-16(25)22(3)4;/h14H,5-13H2,1-4H3,(H,19,24)(H2,18,20,21);1H. The number of nitrogens with one attached hydrogen (secondary N) is 3. The number of guanidine groups is 1. The Morgan fingerprint density at radius 3 is 2.35 bits per heavy atom. The minimum atomic E-state index is -0.0230. The highest BCUT2D eigenvalue weighted by Crippen LogP contribution is 2.09. The molecule has 8 nitrogen and oxygen atoms in total. The van der Waals surface area contributed by atoms with Crippen LogP contribution in [0.1, 0.15) is 33.1 Å². The number of amides is 2. The number of likely N-dealkylation sites (tertiary alicyclic amines) is 1. The van der Waals surface area contributed by atoms with Crippen LogP contribution in [0.25, 0.3) is 0 Å². The quantitative estimate of drug-likeness (QED) is 0.262. The maximum Gasteiger partial charge on any atom is 0.243 e. The second kappa shape index (κ2) is 14.0. The molecular weight excluding hydrogens is 447 g/mol. The lowest BCUT2D eigenvalue weighted by Gasteiger charge is -2.32. The Hall–Kier alpha value is -1.10. The fraction of sp³-hybridized carbons (Fsp3) is 0.824. The number of nitrogens with zero attached hydrogens (tertiary/aromatic N) is 3. The van der Waals surface area contributed by atoms with Crippen molar-refractivity contribution in [2.75, 3.05) is 53.4 Å². The predicted octanol–water partition coefficient (Wildman–Crippen LogP) is 0.238. The first-order valence-corrected chi connectivity index (χ1v) is 9.20. The third-order valence-electron chi connectivity index (χ3n) is 4.08. The van der Waals surface area contributed by atoms with E-state index in [-0.39, 0.29) is 42.3 Å². The summed E-state index contributed by atoms with van der Waals surface area (Å²) in [6.45, 7) is 7.91. The second-order valence-corrected chi connectivity index (χ2v) is 6.53. The largest absolute Gasteiger partial charge is 0.357 e. The average molecular weight is 482 g/mol. The second-order valence-electron chi connectivity index (χ2n) is 6.53. The zero-order valence-corrected chi connectivity index (χ0v) is 18.8. The van der Waals surface area contributed by atoms with Crippen molar-refractivity contribution in [2.45, 2.75) is 39.2 Å². The van der Waals surface area contributed by atoms with E-state index in [0.29, 0.717) is 18.5 Å². The van der Waals surface area contributed by atoms with Gasteiger partial charge in [-0.2, -0.15) is 0 Å². The maximum atomic E-state index is 11.8. The Bertz CT molecular complexity index is 451. The molecule has 0 aliphatic carbocycles. The molecular formula is C17H35IN6O2. The van der Waals surface area contributed by atoms with Gasteiger partial charge < -0.3 is 20.9 Å². The van der Waals surface area contributed by atoms with E-state index in [1.807, 2.05) is 13.8 Å². The van der Waals surface area contributed by atoms with Crippen molar-refractivity contribution < 1.29 is 9.59 Å². The van der Waals surface area contributed by atoms with E-state index in [1.165, 1.54) is 4.90 Å². The molecule has 1 saturated heterocycles. The van der Waals surface area contributed by atoms with Gasteiger partial charge >= 0.3 is 0 Å². The molecule has 0 aromatic carbocycles. The third kappa shape index (κ3) is 10.1. The van der Waals surface area contributed by atoms with E-state index in [1.54, 1.807) is 14.1 Å². The molecule has 0 saturated carbocycles. The normalized spacial score (nSPS) is 15.8. The SMILES string of the molecule is CCCNC(=O)CN1CCC(NC(=NCC(=O)N(C)C)NCC)CC1.I. The Kier molecular flexibility index (Phi) is 13.4. The van der Waals surface area contributed by atoms with Crippen LogP contribution in [0, 0.1) is 0 Å². The summed E-state index contributed by atoms with van der Waals surface area (Å²) >= 11 is 0. The van der Waals surface area contributed by atoms with Gasteiger partial charge in [0.05, 0.1) is 6.54 Å². The molecule has 0 unspecified atom stereocenters. The first-order valence-electron chi connectivity index (χ1n) is 9.20. The zero-order chi connectivity index (χ0) is 18.7. The molecule has 26 heavy (non-hydrogen) atoms. The van der Waals surface area contributed by atoms with Crippen LogP contribution >= 0.6 is 24.0 Å². The Labute approximate surface area is 174 Å². The summed E-state index contributed by atoms with van der Waals surface area (Å²) in [4.78, 5) is 31.5. The van der Waals surface area contributed by atoms with Gasteiger partial charge in [0.15, 0.2) is 5.96 Å². The van der Waals surface area contributed by atoms with E-state index >= 15 is 0 Å². The van der Waals surface area contributed by atoms with Crippen molar-refractivity contribution in [3.05, 3.63) is 0 Å². The number of hydrogen-bond acceptors (Lipinski definition) is 4.